The lowest BCUT2D eigenvalue weighted by atomic mass is 9.97. The molecule has 0 saturated carbocycles. The monoisotopic (exact) mass is 203 g/mol. The van der Waals surface area contributed by atoms with Crippen LogP contribution >= 0.6 is 0 Å². The van der Waals surface area contributed by atoms with Crippen LogP contribution in [0.5, 0.6) is 0 Å². The molecular formula is C14H21N. The minimum Gasteiger partial charge on any atom is -0.324 e. The van der Waals surface area contributed by atoms with E-state index in [1.54, 1.807) is 0 Å². The lowest BCUT2D eigenvalue weighted by Crippen LogP contribution is -2.09. The summed E-state index contributed by atoms with van der Waals surface area (Å²) in [4.78, 5) is 0. The number of benzene rings is 1. The van der Waals surface area contributed by atoms with Crippen molar-refractivity contribution in [3.05, 3.63) is 48.0 Å². The molecule has 0 spiro atoms. The van der Waals surface area contributed by atoms with Gasteiger partial charge in [0.25, 0.3) is 0 Å². The molecule has 1 atom stereocenters. The highest BCUT2D eigenvalue weighted by atomic mass is 14.6. The largest absolute Gasteiger partial charge is 0.324 e. The molecule has 1 aromatic rings. The smallest absolute Gasteiger partial charge is 0.0297 e. The Labute approximate surface area is 93.0 Å². The van der Waals surface area contributed by atoms with Gasteiger partial charge in [0.2, 0.25) is 0 Å². The molecule has 1 nitrogen and oxygen atoms in total. The summed E-state index contributed by atoms with van der Waals surface area (Å²) in [7, 11) is 0. The molecule has 0 fully saturated rings. The van der Waals surface area contributed by atoms with E-state index in [0.29, 0.717) is 5.92 Å². The lowest BCUT2D eigenvalue weighted by Gasteiger charge is -2.12. The van der Waals surface area contributed by atoms with Crippen molar-refractivity contribution in [2.24, 2.45) is 5.73 Å². The van der Waals surface area contributed by atoms with E-state index in [-0.39, 0.29) is 6.04 Å². The quantitative estimate of drug-likeness (QED) is 0.724. The van der Waals surface area contributed by atoms with Crippen molar-refractivity contribution in [1.82, 2.24) is 0 Å². The second-order valence-electron chi connectivity index (χ2n) is 4.29. The maximum Gasteiger partial charge on any atom is 0.0297 e. The minimum atomic E-state index is 0.143. The first-order valence-corrected chi connectivity index (χ1v) is 5.61. The van der Waals surface area contributed by atoms with E-state index in [0.717, 1.165) is 12.8 Å². The fraction of sp³-hybridized carbons (Fsp3) is 0.429. The molecule has 2 N–H and O–H groups in total. The molecular weight excluding hydrogens is 182 g/mol. The van der Waals surface area contributed by atoms with Crippen molar-refractivity contribution in [1.29, 1.82) is 0 Å². The Balaban J connectivity index is 2.66. The Kier molecular flexibility index (Phi) is 4.57. The third-order valence-corrected chi connectivity index (χ3v) is 2.71. The zero-order chi connectivity index (χ0) is 11.3. The molecule has 0 saturated heterocycles. The maximum absolute atomic E-state index is 6.06. The van der Waals surface area contributed by atoms with Crippen LogP contribution in [-0.2, 0) is 0 Å². The molecule has 0 amide bonds. The summed E-state index contributed by atoms with van der Waals surface area (Å²) in [5.41, 5.74) is 8.65. The van der Waals surface area contributed by atoms with Crippen LogP contribution in [0.25, 0.3) is 0 Å². The lowest BCUT2D eigenvalue weighted by molar-refractivity contribution is 0.661. The maximum atomic E-state index is 6.06. The second-order valence-corrected chi connectivity index (χ2v) is 4.29. The summed E-state index contributed by atoms with van der Waals surface area (Å²) < 4.78 is 0. The Hall–Kier alpha value is -1.08. The van der Waals surface area contributed by atoms with Crippen molar-refractivity contribution in [3.8, 4) is 0 Å². The molecule has 15 heavy (non-hydrogen) atoms. The Morgan fingerprint density at radius 1 is 1.20 bits per heavy atom. The summed E-state index contributed by atoms with van der Waals surface area (Å²) >= 11 is 0. The number of allylic oxidation sites excluding steroid dienone is 1. The van der Waals surface area contributed by atoms with Crippen LogP contribution in [0.2, 0.25) is 0 Å². The molecule has 1 rings (SSSR count). The molecule has 1 heteroatoms. The standard InChI is InChI=1S/C14H21N/c1-4-5-6-14(15)13-9-7-12(8-10-13)11(2)3/h4,7-11,14H,1,5-6,15H2,2-3H3/t14-/m1/s1. The average molecular weight is 203 g/mol. The van der Waals surface area contributed by atoms with E-state index < -0.39 is 0 Å². The zero-order valence-corrected chi connectivity index (χ0v) is 9.74. The third kappa shape index (κ3) is 3.52. The van der Waals surface area contributed by atoms with Crippen molar-refractivity contribution in [3.63, 3.8) is 0 Å². The fourth-order valence-corrected chi connectivity index (χ4v) is 1.59. The Morgan fingerprint density at radius 2 is 1.73 bits per heavy atom. The summed E-state index contributed by atoms with van der Waals surface area (Å²) in [6.45, 7) is 8.11. The number of hydrogen-bond donors (Lipinski definition) is 1. The van der Waals surface area contributed by atoms with Crippen LogP contribution in [-0.4, -0.2) is 0 Å². The van der Waals surface area contributed by atoms with E-state index in [1.807, 2.05) is 6.08 Å². The Bertz CT molecular complexity index is 298. The highest BCUT2D eigenvalue weighted by Gasteiger charge is 2.05. The summed E-state index contributed by atoms with van der Waals surface area (Å²) in [6.07, 6.45) is 3.87. The van der Waals surface area contributed by atoms with Gasteiger partial charge in [0.1, 0.15) is 0 Å². The molecule has 0 aliphatic rings. The van der Waals surface area contributed by atoms with Gasteiger partial charge in [0.15, 0.2) is 0 Å². The molecule has 82 valence electrons. The van der Waals surface area contributed by atoms with Crippen LogP contribution in [0.4, 0.5) is 0 Å². The first-order chi connectivity index (χ1) is 7.15. The van der Waals surface area contributed by atoms with Crippen molar-refractivity contribution < 1.29 is 0 Å². The predicted octanol–water partition coefficient (Wildman–Crippen LogP) is 3.78. The van der Waals surface area contributed by atoms with Crippen LogP contribution in [0, 0.1) is 0 Å². The van der Waals surface area contributed by atoms with E-state index in [9.17, 15) is 0 Å². The molecule has 0 aromatic heterocycles. The van der Waals surface area contributed by atoms with Gasteiger partial charge in [-0.05, 0) is 29.9 Å². The van der Waals surface area contributed by atoms with Crippen molar-refractivity contribution in [2.45, 2.75) is 38.6 Å². The van der Waals surface area contributed by atoms with Crippen molar-refractivity contribution >= 4 is 0 Å². The van der Waals surface area contributed by atoms with E-state index >= 15 is 0 Å². The normalized spacial score (nSPS) is 12.8. The van der Waals surface area contributed by atoms with E-state index in [2.05, 4.69) is 44.7 Å². The Morgan fingerprint density at radius 3 is 2.20 bits per heavy atom. The molecule has 1 aromatic carbocycles. The van der Waals surface area contributed by atoms with Crippen LogP contribution in [0.1, 0.15) is 49.8 Å². The molecule has 0 aliphatic carbocycles. The first-order valence-electron chi connectivity index (χ1n) is 5.61. The van der Waals surface area contributed by atoms with Gasteiger partial charge < -0.3 is 5.73 Å². The van der Waals surface area contributed by atoms with Gasteiger partial charge >= 0.3 is 0 Å². The topological polar surface area (TPSA) is 26.0 Å². The predicted molar refractivity (Wildman–Crippen MR) is 66.9 cm³/mol. The summed E-state index contributed by atoms with van der Waals surface area (Å²) in [5, 5.41) is 0. The van der Waals surface area contributed by atoms with Gasteiger partial charge in [-0.3, -0.25) is 0 Å². The van der Waals surface area contributed by atoms with Crippen LogP contribution in [0.3, 0.4) is 0 Å². The highest BCUT2D eigenvalue weighted by molar-refractivity contribution is 5.26. The van der Waals surface area contributed by atoms with Gasteiger partial charge in [-0.15, -0.1) is 6.58 Å². The number of rotatable bonds is 5. The zero-order valence-electron chi connectivity index (χ0n) is 9.74. The molecule has 0 bridgehead atoms. The summed E-state index contributed by atoms with van der Waals surface area (Å²) in [6, 6.07) is 8.78. The van der Waals surface area contributed by atoms with E-state index in [4.69, 9.17) is 5.73 Å². The number of hydrogen-bond acceptors (Lipinski definition) is 1. The molecule has 0 unspecified atom stereocenters. The number of nitrogens with two attached hydrogens (primary N) is 1. The SMILES string of the molecule is C=CCC[C@@H](N)c1ccc(C(C)C)cc1. The summed E-state index contributed by atoms with van der Waals surface area (Å²) in [5.74, 6) is 0.587. The highest BCUT2D eigenvalue weighted by Crippen LogP contribution is 2.20. The van der Waals surface area contributed by atoms with Gasteiger partial charge in [-0.1, -0.05) is 44.2 Å². The molecule has 0 radical (unpaired) electrons. The minimum absolute atomic E-state index is 0.143. The van der Waals surface area contributed by atoms with Gasteiger partial charge in [0, 0.05) is 6.04 Å². The fourth-order valence-electron chi connectivity index (χ4n) is 1.59. The third-order valence-electron chi connectivity index (χ3n) is 2.71. The first kappa shape index (κ1) is 12.0. The van der Waals surface area contributed by atoms with Gasteiger partial charge in [-0.2, -0.15) is 0 Å². The van der Waals surface area contributed by atoms with Crippen molar-refractivity contribution in [2.75, 3.05) is 0 Å². The van der Waals surface area contributed by atoms with Gasteiger partial charge in [-0.25, -0.2) is 0 Å². The second kappa shape index (κ2) is 5.72. The molecule has 0 heterocycles. The van der Waals surface area contributed by atoms with E-state index in [1.165, 1.54) is 11.1 Å². The van der Waals surface area contributed by atoms with Gasteiger partial charge in [0.05, 0.1) is 0 Å². The van der Waals surface area contributed by atoms with Crippen LogP contribution in [0.15, 0.2) is 36.9 Å². The molecule has 0 aliphatic heterocycles. The average Bonchev–Trinajstić information content (AvgIpc) is 2.26. The van der Waals surface area contributed by atoms with Crippen LogP contribution < -0.4 is 5.73 Å².